The number of aryl methyl sites for hydroxylation is 1. The number of hydrogen-bond acceptors (Lipinski definition) is 3. The second-order valence-electron chi connectivity index (χ2n) is 5.75. The minimum atomic E-state index is 0.940. The lowest BCUT2D eigenvalue weighted by Crippen LogP contribution is -2.29. The van der Waals surface area contributed by atoms with E-state index in [9.17, 15) is 0 Å². The summed E-state index contributed by atoms with van der Waals surface area (Å²) in [5.41, 5.74) is 6.66. The number of benzene rings is 1. The van der Waals surface area contributed by atoms with Crippen molar-refractivity contribution in [2.24, 2.45) is 0 Å². The van der Waals surface area contributed by atoms with Crippen molar-refractivity contribution in [1.82, 2.24) is 15.2 Å². The van der Waals surface area contributed by atoms with Crippen molar-refractivity contribution >= 4 is 10.9 Å². The van der Waals surface area contributed by atoms with Crippen molar-refractivity contribution < 1.29 is 0 Å². The maximum atomic E-state index is 4.96. The Morgan fingerprint density at radius 1 is 1.35 bits per heavy atom. The molecule has 0 radical (unpaired) electrons. The van der Waals surface area contributed by atoms with E-state index in [1.165, 1.54) is 33.3 Å². The van der Waals surface area contributed by atoms with Crippen LogP contribution in [0, 0.1) is 6.92 Å². The Morgan fingerprint density at radius 3 is 3.00 bits per heavy atom. The van der Waals surface area contributed by atoms with Gasteiger partial charge in [-0.1, -0.05) is 25.1 Å². The molecular weight excluding hydrogens is 246 g/mol. The minimum absolute atomic E-state index is 0.940. The van der Waals surface area contributed by atoms with Gasteiger partial charge in [0, 0.05) is 37.1 Å². The second kappa shape index (κ2) is 5.51. The lowest BCUT2D eigenvalue weighted by molar-refractivity contribution is 0.309. The van der Waals surface area contributed by atoms with E-state index in [1.54, 1.807) is 0 Å². The van der Waals surface area contributed by atoms with Gasteiger partial charge in [-0.3, -0.25) is 4.98 Å². The van der Waals surface area contributed by atoms with Gasteiger partial charge in [0.1, 0.15) is 0 Å². The summed E-state index contributed by atoms with van der Waals surface area (Å²) in [5, 5.41) is 4.81. The Balaban J connectivity index is 2.22. The maximum absolute atomic E-state index is 4.96. The number of para-hydroxylation sites is 1. The summed E-state index contributed by atoms with van der Waals surface area (Å²) in [6.07, 6.45) is 1.06. The van der Waals surface area contributed by atoms with Gasteiger partial charge in [0.25, 0.3) is 0 Å². The monoisotopic (exact) mass is 269 g/mol. The molecule has 0 spiro atoms. The van der Waals surface area contributed by atoms with Crippen LogP contribution in [0.15, 0.2) is 18.2 Å². The van der Waals surface area contributed by atoms with E-state index in [4.69, 9.17) is 4.98 Å². The number of hydrogen-bond donors (Lipinski definition) is 1. The van der Waals surface area contributed by atoms with E-state index in [1.807, 2.05) is 0 Å². The molecule has 0 saturated heterocycles. The fraction of sp³-hybridized carbons (Fsp3) is 0.471. The van der Waals surface area contributed by atoms with Crippen molar-refractivity contribution in [3.8, 4) is 0 Å². The number of pyridine rings is 1. The van der Waals surface area contributed by atoms with Crippen LogP contribution in [0.25, 0.3) is 10.9 Å². The average molecular weight is 269 g/mol. The van der Waals surface area contributed by atoms with Crippen molar-refractivity contribution in [2.45, 2.75) is 33.4 Å². The number of aromatic nitrogens is 1. The summed E-state index contributed by atoms with van der Waals surface area (Å²) in [4.78, 5) is 7.35. The summed E-state index contributed by atoms with van der Waals surface area (Å²) in [6.45, 7) is 8.39. The van der Waals surface area contributed by atoms with E-state index >= 15 is 0 Å². The van der Waals surface area contributed by atoms with Crippen molar-refractivity contribution in [2.75, 3.05) is 20.1 Å². The average Bonchev–Trinajstić information content (AvgIpc) is 2.45. The van der Waals surface area contributed by atoms with Crippen molar-refractivity contribution in [3.63, 3.8) is 0 Å². The summed E-state index contributed by atoms with van der Waals surface area (Å²) in [6, 6.07) is 6.53. The molecule has 1 aliphatic heterocycles. The first kappa shape index (κ1) is 13.5. The molecule has 1 aliphatic rings. The van der Waals surface area contributed by atoms with Crippen LogP contribution in [-0.2, 0) is 19.5 Å². The molecule has 2 heterocycles. The highest BCUT2D eigenvalue weighted by Crippen LogP contribution is 2.29. The number of rotatable bonds is 3. The van der Waals surface area contributed by atoms with Gasteiger partial charge in [0.2, 0.25) is 0 Å². The van der Waals surface area contributed by atoms with Crippen LogP contribution >= 0.6 is 0 Å². The Kier molecular flexibility index (Phi) is 3.72. The van der Waals surface area contributed by atoms with Crippen LogP contribution in [0.4, 0.5) is 0 Å². The van der Waals surface area contributed by atoms with Gasteiger partial charge in [-0.15, -0.1) is 0 Å². The van der Waals surface area contributed by atoms with Gasteiger partial charge in [-0.2, -0.15) is 0 Å². The van der Waals surface area contributed by atoms with Gasteiger partial charge in [0.05, 0.1) is 5.52 Å². The molecule has 0 amide bonds. The third-order valence-corrected chi connectivity index (χ3v) is 4.23. The minimum Gasteiger partial charge on any atom is -0.313 e. The molecule has 3 rings (SSSR count). The predicted octanol–water partition coefficient (Wildman–Crippen LogP) is 2.64. The Labute approximate surface area is 121 Å². The first-order chi connectivity index (χ1) is 9.70. The highest BCUT2D eigenvalue weighted by molar-refractivity contribution is 5.86. The SMILES string of the molecule is CCNCc1c2c(nc3c(C)cccc13)CCN(C)C2. The second-order valence-corrected chi connectivity index (χ2v) is 5.75. The Bertz CT molecular complexity index is 634. The van der Waals surface area contributed by atoms with Crippen LogP contribution < -0.4 is 5.32 Å². The van der Waals surface area contributed by atoms with Crippen LogP contribution in [0.1, 0.15) is 29.3 Å². The molecule has 20 heavy (non-hydrogen) atoms. The number of nitrogens with one attached hydrogen (secondary N) is 1. The molecule has 0 saturated carbocycles. The number of likely N-dealkylation sites (N-methyl/N-ethyl adjacent to an activating group) is 1. The van der Waals surface area contributed by atoms with Gasteiger partial charge in [-0.05, 0) is 37.2 Å². The third kappa shape index (κ3) is 2.32. The first-order valence-corrected chi connectivity index (χ1v) is 7.50. The zero-order chi connectivity index (χ0) is 14.1. The topological polar surface area (TPSA) is 28.2 Å². The summed E-state index contributed by atoms with van der Waals surface area (Å²) in [7, 11) is 2.19. The fourth-order valence-corrected chi connectivity index (χ4v) is 3.08. The molecular formula is C17H23N3. The number of fused-ring (bicyclic) bond motifs is 2. The molecule has 0 bridgehead atoms. The quantitative estimate of drug-likeness (QED) is 0.928. The van der Waals surface area contributed by atoms with Crippen molar-refractivity contribution in [3.05, 3.63) is 40.6 Å². The van der Waals surface area contributed by atoms with Crippen LogP contribution in [0.2, 0.25) is 0 Å². The lowest BCUT2D eigenvalue weighted by Gasteiger charge is -2.27. The molecule has 1 aromatic carbocycles. The molecule has 0 unspecified atom stereocenters. The highest BCUT2D eigenvalue weighted by atomic mass is 15.1. The Hall–Kier alpha value is -1.45. The fourth-order valence-electron chi connectivity index (χ4n) is 3.08. The third-order valence-electron chi connectivity index (χ3n) is 4.23. The molecule has 3 nitrogen and oxygen atoms in total. The Morgan fingerprint density at radius 2 is 2.20 bits per heavy atom. The molecule has 0 fully saturated rings. The largest absolute Gasteiger partial charge is 0.313 e. The predicted molar refractivity (Wildman–Crippen MR) is 83.9 cm³/mol. The molecule has 0 atom stereocenters. The van der Waals surface area contributed by atoms with E-state index in [0.717, 1.165) is 32.6 Å². The van der Waals surface area contributed by atoms with Crippen molar-refractivity contribution in [1.29, 1.82) is 0 Å². The smallest absolute Gasteiger partial charge is 0.0737 e. The molecule has 0 aliphatic carbocycles. The molecule has 3 heteroatoms. The summed E-state index contributed by atoms with van der Waals surface area (Å²) in [5.74, 6) is 0. The van der Waals surface area contributed by atoms with Crippen LogP contribution in [-0.4, -0.2) is 30.0 Å². The van der Waals surface area contributed by atoms with Gasteiger partial charge < -0.3 is 10.2 Å². The van der Waals surface area contributed by atoms with Crippen LogP contribution in [0.5, 0.6) is 0 Å². The van der Waals surface area contributed by atoms with E-state index in [2.05, 4.69) is 49.3 Å². The van der Waals surface area contributed by atoms with Gasteiger partial charge >= 0.3 is 0 Å². The highest BCUT2D eigenvalue weighted by Gasteiger charge is 2.20. The zero-order valence-electron chi connectivity index (χ0n) is 12.7. The zero-order valence-corrected chi connectivity index (χ0v) is 12.7. The maximum Gasteiger partial charge on any atom is 0.0737 e. The van der Waals surface area contributed by atoms with Crippen LogP contribution in [0.3, 0.4) is 0 Å². The standard InChI is InChI=1S/C17H23N3/c1-4-18-10-14-13-7-5-6-12(2)17(13)19-16-8-9-20(3)11-15(14)16/h5-7,18H,4,8-11H2,1-3H3. The normalized spacial score (nSPS) is 15.6. The molecule has 1 N–H and O–H groups in total. The van der Waals surface area contributed by atoms with Gasteiger partial charge in [-0.25, -0.2) is 0 Å². The summed E-state index contributed by atoms with van der Waals surface area (Å²) >= 11 is 0. The molecule has 106 valence electrons. The van der Waals surface area contributed by atoms with E-state index in [0.29, 0.717) is 0 Å². The molecule has 2 aromatic rings. The first-order valence-electron chi connectivity index (χ1n) is 7.50. The molecule has 1 aromatic heterocycles. The van der Waals surface area contributed by atoms with E-state index in [-0.39, 0.29) is 0 Å². The number of nitrogens with zero attached hydrogens (tertiary/aromatic N) is 2. The van der Waals surface area contributed by atoms with Gasteiger partial charge in [0.15, 0.2) is 0 Å². The summed E-state index contributed by atoms with van der Waals surface area (Å²) < 4.78 is 0. The lowest BCUT2D eigenvalue weighted by atomic mass is 9.95. The van der Waals surface area contributed by atoms with E-state index < -0.39 is 0 Å².